The smallest absolute Gasteiger partial charge is 0.220 e. The number of aromatic hydroxyl groups is 1. The summed E-state index contributed by atoms with van der Waals surface area (Å²) in [5.74, 6) is -0.208. The van der Waals surface area contributed by atoms with Crippen molar-refractivity contribution in [1.82, 2.24) is 0 Å². The quantitative estimate of drug-likeness (QED) is 0.557. The maximum absolute atomic E-state index is 10.6. The molecule has 0 radical (unpaired) electrons. The third-order valence-corrected chi connectivity index (χ3v) is 1.11. The summed E-state index contributed by atoms with van der Waals surface area (Å²) in [6.07, 6.45) is 0. The highest BCUT2D eigenvalue weighted by atomic mass is 16.3. The molecule has 0 amide bonds. The van der Waals surface area contributed by atoms with Crippen LogP contribution >= 0.6 is 0 Å². The Bertz CT molecular complexity index is 286. The van der Waals surface area contributed by atoms with Crippen LogP contribution in [0.2, 0.25) is 0 Å². The zero-order chi connectivity index (χ0) is 10.1. The van der Waals surface area contributed by atoms with Crippen molar-refractivity contribution in [2.24, 2.45) is 5.73 Å². The van der Waals surface area contributed by atoms with E-state index < -0.39 is 0 Å². The third kappa shape index (κ3) is 5.84. The predicted molar refractivity (Wildman–Crippen MR) is 50.5 cm³/mol. The number of hydrogen-bond acceptors (Lipinski definition) is 4. The molecule has 0 heterocycles. The molecule has 72 valence electrons. The fourth-order valence-electron chi connectivity index (χ4n) is 0.521. The van der Waals surface area contributed by atoms with E-state index in [2.05, 4.69) is 0 Å². The van der Waals surface area contributed by atoms with Crippen molar-refractivity contribution < 1.29 is 10.2 Å². The highest BCUT2D eigenvalue weighted by molar-refractivity contribution is 5.17. The molecule has 0 bridgehead atoms. The Morgan fingerprint density at radius 2 is 1.77 bits per heavy atom. The van der Waals surface area contributed by atoms with E-state index in [1.54, 1.807) is 18.2 Å². The van der Waals surface area contributed by atoms with Gasteiger partial charge < -0.3 is 15.9 Å². The second-order valence-corrected chi connectivity index (χ2v) is 2.17. The van der Waals surface area contributed by atoms with Crippen LogP contribution in [0, 0.1) is 0 Å². The van der Waals surface area contributed by atoms with Crippen molar-refractivity contribution >= 4 is 0 Å². The van der Waals surface area contributed by atoms with Crippen molar-refractivity contribution in [3.63, 3.8) is 0 Å². The van der Waals surface area contributed by atoms with Crippen molar-refractivity contribution in [2.45, 2.75) is 0 Å². The maximum Gasteiger partial charge on any atom is 0.220 e. The molecule has 0 spiro atoms. The number of hydrogen-bond donors (Lipinski definition) is 3. The Balaban J connectivity index is 0.000000310. The average molecular weight is 183 g/mol. The van der Waals surface area contributed by atoms with E-state index in [4.69, 9.17) is 15.9 Å². The van der Waals surface area contributed by atoms with E-state index in [0.717, 1.165) is 0 Å². The van der Waals surface area contributed by atoms with Gasteiger partial charge in [-0.2, -0.15) is 0 Å². The second-order valence-electron chi connectivity index (χ2n) is 2.17. The summed E-state index contributed by atoms with van der Waals surface area (Å²) in [6, 6.07) is 7.55. The van der Waals surface area contributed by atoms with Gasteiger partial charge in [0.15, 0.2) is 5.75 Å². The molecule has 13 heavy (non-hydrogen) atoms. The Morgan fingerprint density at radius 3 is 2.31 bits per heavy atom. The van der Waals surface area contributed by atoms with Gasteiger partial charge in [0.1, 0.15) is 0 Å². The fraction of sp³-hybridized carbons (Fsp3) is 0.222. The van der Waals surface area contributed by atoms with Crippen LogP contribution in [-0.2, 0) is 0 Å². The number of rotatable bonds is 1. The minimum Gasteiger partial charge on any atom is -0.504 e. The second kappa shape index (κ2) is 7.27. The summed E-state index contributed by atoms with van der Waals surface area (Å²) >= 11 is 0. The lowest BCUT2D eigenvalue weighted by Gasteiger charge is -1.74. The van der Waals surface area contributed by atoms with Gasteiger partial charge in [-0.1, -0.05) is 18.2 Å². The van der Waals surface area contributed by atoms with Crippen LogP contribution in [0.25, 0.3) is 0 Å². The van der Waals surface area contributed by atoms with Crippen molar-refractivity contribution in [3.05, 3.63) is 40.6 Å². The van der Waals surface area contributed by atoms with Crippen LogP contribution in [0.1, 0.15) is 0 Å². The normalized spacial score (nSPS) is 8.46. The summed E-state index contributed by atoms with van der Waals surface area (Å²) in [4.78, 5) is 10.6. The van der Waals surface area contributed by atoms with Gasteiger partial charge >= 0.3 is 0 Å². The molecule has 4 nitrogen and oxygen atoms in total. The van der Waals surface area contributed by atoms with Gasteiger partial charge in [-0.15, -0.1) is 0 Å². The summed E-state index contributed by atoms with van der Waals surface area (Å²) in [7, 11) is 0. The maximum atomic E-state index is 10.6. The standard InChI is InChI=1S/C7H6O2.C2H7NO/c8-6-4-2-1-3-5-7(6)9;3-1-2-4/h1-5H,(H,8,9);4H,1-3H2. The number of nitrogens with two attached hydrogens (primary N) is 1. The summed E-state index contributed by atoms with van der Waals surface area (Å²) < 4.78 is 0. The molecule has 4 N–H and O–H groups in total. The molecule has 1 rings (SSSR count). The van der Waals surface area contributed by atoms with Crippen LogP contribution < -0.4 is 11.2 Å². The zero-order valence-corrected chi connectivity index (χ0v) is 7.18. The van der Waals surface area contributed by atoms with Crippen LogP contribution in [0.5, 0.6) is 5.75 Å². The summed E-state index contributed by atoms with van der Waals surface area (Å²) in [6.45, 7) is 0.472. The van der Waals surface area contributed by atoms with Gasteiger partial charge in [0.05, 0.1) is 6.61 Å². The lowest BCUT2D eigenvalue weighted by Crippen LogP contribution is -2.02. The molecule has 0 saturated carbocycles. The molecule has 0 unspecified atom stereocenters. The minimum atomic E-state index is -0.347. The Morgan fingerprint density at radius 1 is 1.23 bits per heavy atom. The lowest BCUT2D eigenvalue weighted by atomic mass is 10.5. The molecule has 0 saturated heterocycles. The first-order valence-electron chi connectivity index (χ1n) is 3.81. The van der Waals surface area contributed by atoms with Gasteiger partial charge in [0.25, 0.3) is 0 Å². The highest BCUT2D eigenvalue weighted by Crippen LogP contribution is 1.93. The van der Waals surface area contributed by atoms with Gasteiger partial charge in [-0.25, -0.2) is 0 Å². The van der Waals surface area contributed by atoms with E-state index in [9.17, 15) is 4.79 Å². The Labute approximate surface area is 76.3 Å². The lowest BCUT2D eigenvalue weighted by molar-refractivity contribution is 0.306. The van der Waals surface area contributed by atoms with Crippen molar-refractivity contribution in [3.8, 4) is 5.75 Å². The molecule has 0 aromatic heterocycles. The first-order chi connectivity index (χ1) is 6.22. The number of aliphatic hydroxyl groups is 1. The predicted octanol–water partition coefficient (Wildman–Crippen LogP) is -0.310. The average Bonchev–Trinajstić information content (AvgIpc) is 2.33. The SMILES string of the molecule is NCCO.O=c1cccccc1O. The van der Waals surface area contributed by atoms with Gasteiger partial charge in [-0.3, -0.25) is 4.79 Å². The molecular formula is C9H13NO3. The summed E-state index contributed by atoms with van der Waals surface area (Å²) in [5.41, 5.74) is 4.43. The van der Waals surface area contributed by atoms with Crippen LogP contribution in [0.4, 0.5) is 0 Å². The van der Waals surface area contributed by atoms with E-state index in [-0.39, 0.29) is 17.8 Å². The topological polar surface area (TPSA) is 83.5 Å². The third-order valence-electron chi connectivity index (χ3n) is 1.11. The molecule has 0 aliphatic rings. The van der Waals surface area contributed by atoms with Gasteiger partial charge in [0, 0.05) is 6.54 Å². The molecular weight excluding hydrogens is 170 g/mol. The highest BCUT2D eigenvalue weighted by Gasteiger charge is 1.85. The van der Waals surface area contributed by atoms with Gasteiger partial charge in [0.2, 0.25) is 5.43 Å². The zero-order valence-electron chi connectivity index (χ0n) is 7.18. The first kappa shape index (κ1) is 11.6. The van der Waals surface area contributed by atoms with Gasteiger partial charge in [-0.05, 0) is 12.1 Å². The van der Waals surface area contributed by atoms with Crippen molar-refractivity contribution in [2.75, 3.05) is 13.2 Å². The molecule has 1 aromatic rings. The van der Waals surface area contributed by atoms with E-state index in [0.29, 0.717) is 6.54 Å². The number of aliphatic hydroxyl groups excluding tert-OH is 1. The molecule has 0 fully saturated rings. The molecule has 0 atom stereocenters. The van der Waals surface area contributed by atoms with Crippen LogP contribution in [-0.4, -0.2) is 23.4 Å². The Kier molecular flexibility index (Phi) is 6.49. The molecule has 1 aromatic carbocycles. The van der Waals surface area contributed by atoms with E-state index >= 15 is 0 Å². The monoisotopic (exact) mass is 183 g/mol. The minimum absolute atomic E-state index is 0.0972. The fourth-order valence-corrected chi connectivity index (χ4v) is 0.521. The molecule has 0 aliphatic heterocycles. The van der Waals surface area contributed by atoms with E-state index in [1.807, 2.05) is 0 Å². The van der Waals surface area contributed by atoms with Crippen molar-refractivity contribution in [1.29, 1.82) is 0 Å². The molecule has 0 aliphatic carbocycles. The van der Waals surface area contributed by atoms with E-state index in [1.165, 1.54) is 12.1 Å². The summed E-state index contributed by atoms with van der Waals surface area (Å²) in [5, 5.41) is 16.5. The van der Waals surface area contributed by atoms with Crippen LogP contribution in [0.3, 0.4) is 0 Å². The Hall–Kier alpha value is -1.39. The first-order valence-corrected chi connectivity index (χ1v) is 3.81. The van der Waals surface area contributed by atoms with Crippen LogP contribution in [0.15, 0.2) is 35.1 Å². The largest absolute Gasteiger partial charge is 0.504 e. The molecule has 4 heteroatoms.